The minimum Gasteiger partial charge on any atom is -0.463 e. The van der Waals surface area contributed by atoms with E-state index < -0.39 is 0 Å². The Labute approximate surface area is 256 Å². The third kappa shape index (κ3) is 6.60. The van der Waals surface area contributed by atoms with E-state index in [0.717, 1.165) is 85.1 Å². The van der Waals surface area contributed by atoms with E-state index in [0.29, 0.717) is 11.2 Å². The van der Waals surface area contributed by atoms with Crippen molar-refractivity contribution in [2.45, 2.75) is 86.4 Å². The number of benzene rings is 2. The van der Waals surface area contributed by atoms with Crippen molar-refractivity contribution in [3.05, 3.63) is 74.9 Å². The van der Waals surface area contributed by atoms with Gasteiger partial charge in [-0.3, -0.25) is 9.69 Å². The van der Waals surface area contributed by atoms with Gasteiger partial charge in [-0.25, -0.2) is 4.98 Å². The lowest BCUT2D eigenvalue weighted by Gasteiger charge is -2.40. The van der Waals surface area contributed by atoms with Crippen molar-refractivity contribution < 1.29 is 9.53 Å². The van der Waals surface area contributed by atoms with Crippen LogP contribution in [0.2, 0.25) is 5.02 Å². The van der Waals surface area contributed by atoms with E-state index in [-0.39, 0.29) is 18.5 Å². The summed E-state index contributed by atoms with van der Waals surface area (Å²) in [4.78, 5) is 22.6. The molecule has 2 N–H and O–H groups in total. The first-order valence-corrected chi connectivity index (χ1v) is 15.6. The van der Waals surface area contributed by atoms with Gasteiger partial charge in [-0.2, -0.15) is 0 Å². The SMILES string of the molecule is Cc1cccc(Cl)c1CN1CCc2cc(-c3c(N)nc(C)c(CC(=O)OC(C)C)c3N3CCC(C)(C)CC3)ccc2C1. The predicted molar refractivity (Wildman–Crippen MR) is 173 cm³/mol. The Balaban J connectivity index is 1.50. The maximum atomic E-state index is 12.9. The van der Waals surface area contributed by atoms with E-state index in [1.165, 1.54) is 22.3 Å². The van der Waals surface area contributed by atoms with Crippen molar-refractivity contribution in [2.75, 3.05) is 30.3 Å². The van der Waals surface area contributed by atoms with Crippen LogP contribution in [0, 0.1) is 19.3 Å². The highest BCUT2D eigenvalue weighted by molar-refractivity contribution is 6.31. The Bertz CT molecular complexity index is 1450. The lowest BCUT2D eigenvalue weighted by atomic mass is 9.82. The standard InChI is InChI=1S/C35H45ClN4O2/c1-22(2)42-31(41)19-28-24(4)38-34(37)32(33(28)40-16-13-35(5,6)14-17-40)26-10-11-27-20-39(15-12-25(27)18-26)21-29-23(3)8-7-9-30(29)36/h7-11,18,22H,12-17,19-21H2,1-6H3,(H2,37,38). The highest BCUT2D eigenvalue weighted by atomic mass is 35.5. The fraction of sp³-hybridized carbons (Fsp3) is 0.486. The maximum absolute atomic E-state index is 12.9. The molecule has 0 aliphatic carbocycles. The maximum Gasteiger partial charge on any atom is 0.310 e. The fourth-order valence-corrected chi connectivity index (χ4v) is 6.65. The molecule has 3 heterocycles. The van der Waals surface area contributed by atoms with E-state index in [1.807, 2.05) is 32.9 Å². The Hall–Kier alpha value is -3.09. The summed E-state index contributed by atoms with van der Waals surface area (Å²) in [5.74, 6) is 0.281. The van der Waals surface area contributed by atoms with Crippen molar-refractivity contribution in [2.24, 2.45) is 5.41 Å². The molecule has 7 heteroatoms. The van der Waals surface area contributed by atoms with Crippen LogP contribution in [0.25, 0.3) is 11.1 Å². The molecule has 0 spiro atoms. The molecule has 42 heavy (non-hydrogen) atoms. The van der Waals surface area contributed by atoms with Gasteiger partial charge in [-0.05, 0) is 86.3 Å². The van der Waals surface area contributed by atoms with Crippen LogP contribution in [0.15, 0.2) is 36.4 Å². The first-order valence-electron chi connectivity index (χ1n) is 15.2. The summed E-state index contributed by atoms with van der Waals surface area (Å²) in [6.45, 7) is 17.0. The lowest BCUT2D eigenvalue weighted by Crippen LogP contribution is -2.38. The van der Waals surface area contributed by atoms with Crippen molar-refractivity contribution in [1.82, 2.24) is 9.88 Å². The Kier molecular flexibility index (Phi) is 8.86. The number of rotatable bonds is 7. The molecule has 0 amide bonds. The van der Waals surface area contributed by atoms with Crippen molar-refractivity contribution in [1.29, 1.82) is 0 Å². The second kappa shape index (κ2) is 12.3. The number of halogens is 1. The number of fused-ring (bicyclic) bond motifs is 1. The molecule has 0 unspecified atom stereocenters. The van der Waals surface area contributed by atoms with Gasteiger partial charge in [0.1, 0.15) is 5.82 Å². The molecule has 0 atom stereocenters. The van der Waals surface area contributed by atoms with Crippen LogP contribution in [0.3, 0.4) is 0 Å². The number of nitrogens with two attached hydrogens (primary N) is 1. The smallest absolute Gasteiger partial charge is 0.310 e. The Morgan fingerprint density at radius 3 is 2.50 bits per heavy atom. The number of piperidine rings is 1. The van der Waals surface area contributed by atoms with E-state index in [9.17, 15) is 4.79 Å². The number of hydrogen-bond donors (Lipinski definition) is 1. The van der Waals surface area contributed by atoms with E-state index in [2.05, 4.69) is 54.8 Å². The molecule has 0 radical (unpaired) electrons. The number of carbonyl (C=O) groups is 1. The molecule has 2 aliphatic heterocycles. The van der Waals surface area contributed by atoms with Gasteiger partial charge in [0.05, 0.1) is 18.2 Å². The fourth-order valence-electron chi connectivity index (χ4n) is 6.37. The first kappa shape index (κ1) is 30.4. The summed E-state index contributed by atoms with van der Waals surface area (Å²) in [5.41, 5.74) is 16.9. The molecule has 2 aliphatic rings. The number of nitrogens with zero attached hydrogens (tertiary/aromatic N) is 3. The highest BCUT2D eigenvalue weighted by Gasteiger charge is 2.31. The van der Waals surface area contributed by atoms with Gasteiger partial charge in [-0.1, -0.05) is 55.8 Å². The topological polar surface area (TPSA) is 71.7 Å². The first-order chi connectivity index (χ1) is 19.9. The molecule has 5 rings (SSSR count). The molecular weight excluding hydrogens is 544 g/mol. The normalized spacial score (nSPS) is 16.9. The number of anilines is 2. The monoisotopic (exact) mass is 588 g/mol. The number of carbonyl (C=O) groups excluding carboxylic acids is 1. The minimum atomic E-state index is -0.233. The summed E-state index contributed by atoms with van der Waals surface area (Å²) in [5, 5.41) is 0.834. The average Bonchev–Trinajstić information content (AvgIpc) is 2.91. The van der Waals surface area contributed by atoms with Crippen LogP contribution in [-0.4, -0.2) is 41.6 Å². The summed E-state index contributed by atoms with van der Waals surface area (Å²) >= 11 is 6.55. The summed E-state index contributed by atoms with van der Waals surface area (Å²) < 4.78 is 5.57. The molecule has 2 aromatic carbocycles. The number of nitrogen functional groups attached to an aromatic ring is 1. The number of aromatic nitrogens is 1. The van der Waals surface area contributed by atoms with Gasteiger partial charge >= 0.3 is 5.97 Å². The van der Waals surface area contributed by atoms with Gasteiger partial charge in [0.2, 0.25) is 0 Å². The van der Waals surface area contributed by atoms with E-state index >= 15 is 0 Å². The molecule has 6 nitrogen and oxygen atoms in total. The second-order valence-corrected chi connectivity index (χ2v) is 13.5. The van der Waals surface area contributed by atoms with Gasteiger partial charge in [-0.15, -0.1) is 0 Å². The third-order valence-corrected chi connectivity index (χ3v) is 9.30. The van der Waals surface area contributed by atoms with Crippen LogP contribution in [0.5, 0.6) is 0 Å². The van der Waals surface area contributed by atoms with Crippen molar-refractivity contribution in [3.63, 3.8) is 0 Å². The molecule has 0 bridgehead atoms. The number of hydrogen-bond acceptors (Lipinski definition) is 6. The van der Waals surface area contributed by atoms with Crippen LogP contribution >= 0.6 is 11.6 Å². The Morgan fingerprint density at radius 1 is 1.07 bits per heavy atom. The average molecular weight is 589 g/mol. The zero-order valence-corrected chi connectivity index (χ0v) is 26.8. The molecule has 1 fully saturated rings. The summed E-state index contributed by atoms with van der Waals surface area (Å²) in [6, 6.07) is 12.8. The van der Waals surface area contributed by atoms with Crippen molar-refractivity contribution in [3.8, 4) is 11.1 Å². The molecule has 0 saturated carbocycles. The quantitative estimate of drug-likeness (QED) is 0.292. The zero-order chi connectivity index (χ0) is 30.2. The Morgan fingerprint density at radius 2 is 1.81 bits per heavy atom. The van der Waals surface area contributed by atoms with Gasteiger partial charge in [0.15, 0.2) is 0 Å². The molecule has 224 valence electrons. The van der Waals surface area contributed by atoms with Crippen LogP contribution in [0.4, 0.5) is 11.5 Å². The molecular formula is C35H45ClN4O2. The number of pyridine rings is 1. The van der Waals surface area contributed by atoms with E-state index in [1.54, 1.807) is 0 Å². The second-order valence-electron chi connectivity index (χ2n) is 13.1. The van der Waals surface area contributed by atoms with Crippen LogP contribution in [-0.2, 0) is 35.5 Å². The predicted octanol–water partition coefficient (Wildman–Crippen LogP) is 7.28. The summed E-state index contributed by atoms with van der Waals surface area (Å²) in [7, 11) is 0. The minimum absolute atomic E-state index is 0.166. The van der Waals surface area contributed by atoms with Crippen LogP contribution in [0.1, 0.15) is 74.0 Å². The highest BCUT2D eigenvalue weighted by Crippen LogP contribution is 2.43. The molecule has 1 saturated heterocycles. The zero-order valence-electron chi connectivity index (χ0n) is 26.0. The van der Waals surface area contributed by atoms with Gasteiger partial charge in [0, 0.05) is 54.6 Å². The number of aryl methyl sites for hydroxylation is 2. The van der Waals surface area contributed by atoms with E-state index in [4.69, 9.17) is 27.1 Å². The number of ether oxygens (including phenoxy) is 1. The molecule has 3 aromatic rings. The molecule has 1 aromatic heterocycles. The van der Waals surface area contributed by atoms with Gasteiger partial charge < -0.3 is 15.4 Å². The van der Waals surface area contributed by atoms with Crippen molar-refractivity contribution >= 4 is 29.1 Å². The van der Waals surface area contributed by atoms with Gasteiger partial charge in [0.25, 0.3) is 0 Å². The largest absolute Gasteiger partial charge is 0.463 e. The third-order valence-electron chi connectivity index (χ3n) is 8.95. The number of esters is 1. The van der Waals surface area contributed by atoms with Crippen LogP contribution < -0.4 is 10.6 Å². The summed E-state index contributed by atoms with van der Waals surface area (Å²) in [6.07, 6.45) is 3.12. The lowest BCUT2D eigenvalue weighted by molar-refractivity contribution is -0.146.